The minimum atomic E-state index is 0.144. The lowest BCUT2D eigenvalue weighted by molar-refractivity contribution is -0.133. The summed E-state index contributed by atoms with van der Waals surface area (Å²) in [7, 11) is 0. The van der Waals surface area contributed by atoms with Crippen LogP contribution < -0.4 is 5.32 Å². The van der Waals surface area contributed by atoms with Crippen LogP contribution in [0.5, 0.6) is 0 Å². The zero-order valence-electron chi connectivity index (χ0n) is 13.3. The average Bonchev–Trinajstić information content (AvgIpc) is 3.26. The van der Waals surface area contributed by atoms with E-state index in [0.717, 1.165) is 52.1 Å². The molecule has 2 rings (SSSR count). The minimum absolute atomic E-state index is 0.144. The van der Waals surface area contributed by atoms with E-state index in [1.54, 1.807) is 0 Å². The highest BCUT2D eigenvalue weighted by Crippen LogP contribution is 2.18. The standard InChI is InChI=1S/C15H28N4O2/c1-3-19(4-2)15(21)12-18-9-7-17(8-10-18)11-14(20)16-13-5-6-13/h13H,3-12H2,1-2H3,(H,16,20). The molecular weight excluding hydrogens is 268 g/mol. The van der Waals surface area contributed by atoms with Gasteiger partial charge in [-0.1, -0.05) is 0 Å². The van der Waals surface area contributed by atoms with Crippen molar-refractivity contribution in [3.05, 3.63) is 0 Å². The molecule has 0 aromatic carbocycles. The Morgan fingerprint density at radius 3 is 2.00 bits per heavy atom. The van der Waals surface area contributed by atoms with Crippen molar-refractivity contribution in [3.63, 3.8) is 0 Å². The molecule has 1 heterocycles. The molecule has 0 aromatic rings. The van der Waals surface area contributed by atoms with E-state index in [9.17, 15) is 9.59 Å². The number of piperazine rings is 1. The van der Waals surface area contributed by atoms with Crippen LogP contribution in [0.1, 0.15) is 26.7 Å². The summed E-state index contributed by atoms with van der Waals surface area (Å²) in [5, 5.41) is 3.02. The highest BCUT2D eigenvalue weighted by Gasteiger charge is 2.25. The summed E-state index contributed by atoms with van der Waals surface area (Å²) in [5.41, 5.74) is 0. The molecule has 1 aliphatic carbocycles. The second-order valence-electron chi connectivity index (χ2n) is 5.96. The number of rotatable bonds is 7. The summed E-state index contributed by atoms with van der Waals surface area (Å²) in [4.78, 5) is 30.1. The molecule has 2 aliphatic rings. The highest BCUT2D eigenvalue weighted by molar-refractivity contribution is 5.79. The fraction of sp³-hybridized carbons (Fsp3) is 0.867. The second kappa shape index (κ2) is 7.75. The maximum Gasteiger partial charge on any atom is 0.236 e. The fourth-order valence-electron chi connectivity index (χ4n) is 2.68. The number of amides is 2. The lowest BCUT2D eigenvalue weighted by Crippen LogP contribution is -2.52. The monoisotopic (exact) mass is 296 g/mol. The third-order valence-corrected chi connectivity index (χ3v) is 4.25. The Morgan fingerprint density at radius 2 is 1.52 bits per heavy atom. The number of hydrogen-bond donors (Lipinski definition) is 1. The van der Waals surface area contributed by atoms with Gasteiger partial charge in [-0.3, -0.25) is 19.4 Å². The molecule has 0 atom stereocenters. The van der Waals surface area contributed by atoms with Gasteiger partial charge < -0.3 is 10.2 Å². The normalized spacial score (nSPS) is 20.3. The zero-order chi connectivity index (χ0) is 15.2. The van der Waals surface area contributed by atoms with Crippen LogP contribution >= 0.6 is 0 Å². The predicted octanol–water partition coefficient (Wildman–Crippen LogP) is -0.249. The van der Waals surface area contributed by atoms with E-state index < -0.39 is 0 Å². The van der Waals surface area contributed by atoms with Crippen LogP contribution in [0, 0.1) is 0 Å². The molecule has 120 valence electrons. The molecule has 0 unspecified atom stereocenters. The fourth-order valence-corrected chi connectivity index (χ4v) is 2.68. The molecule has 21 heavy (non-hydrogen) atoms. The molecule has 0 aromatic heterocycles. The van der Waals surface area contributed by atoms with Gasteiger partial charge >= 0.3 is 0 Å². The lowest BCUT2D eigenvalue weighted by Gasteiger charge is -2.34. The lowest BCUT2D eigenvalue weighted by atomic mass is 10.3. The van der Waals surface area contributed by atoms with Crippen molar-refractivity contribution in [2.45, 2.75) is 32.7 Å². The van der Waals surface area contributed by atoms with Crippen molar-refractivity contribution in [2.24, 2.45) is 0 Å². The first-order valence-corrected chi connectivity index (χ1v) is 8.14. The van der Waals surface area contributed by atoms with Crippen LogP contribution in [-0.2, 0) is 9.59 Å². The molecular formula is C15H28N4O2. The van der Waals surface area contributed by atoms with Crippen molar-refractivity contribution >= 4 is 11.8 Å². The van der Waals surface area contributed by atoms with E-state index in [0.29, 0.717) is 19.1 Å². The molecule has 0 spiro atoms. The third-order valence-electron chi connectivity index (χ3n) is 4.25. The number of nitrogens with one attached hydrogen (secondary N) is 1. The van der Waals surface area contributed by atoms with Crippen molar-refractivity contribution in [1.29, 1.82) is 0 Å². The van der Waals surface area contributed by atoms with Gasteiger partial charge in [-0.25, -0.2) is 0 Å². The van der Waals surface area contributed by atoms with Crippen LogP contribution in [0.2, 0.25) is 0 Å². The minimum Gasteiger partial charge on any atom is -0.352 e. The summed E-state index contributed by atoms with van der Waals surface area (Å²) in [5.74, 6) is 0.352. The summed E-state index contributed by atoms with van der Waals surface area (Å²) in [6, 6.07) is 0.436. The number of likely N-dealkylation sites (N-methyl/N-ethyl adjacent to an activating group) is 1. The van der Waals surface area contributed by atoms with Gasteiger partial charge in [0.15, 0.2) is 0 Å². The maximum atomic E-state index is 12.1. The number of carbonyl (C=O) groups is 2. The Bertz CT molecular complexity index is 359. The molecule has 6 heteroatoms. The van der Waals surface area contributed by atoms with Gasteiger partial charge in [-0.05, 0) is 26.7 Å². The van der Waals surface area contributed by atoms with Crippen LogP contribution in [-0.4, -0.2) is 84.9 Å². The molecule has 0 radical (unpaired) electrons. The van der Waals surface area contributed by atoms with E-state index >= 15 is 0 Å². The molecule has 1 saturated heterocycles. The molecule has 2 fully saturated rings. The Kier molecular flexibility index (Phi) is 5.99. The summed E-state index contributed by atoms with van der Waals surface area (Å²) in [6.45, 7) is 10.0. The van der Waals surface area contributed by atoms with E-state index in [1.165, 1.54) is 0 Å². The zero-order valence-corrected chi connectivity index (χ0v) is 13.3. The average molecular weight is 296 g/mol. The number of nitrogens with zero attached hydrogens (tertiary/aromatic N) is 3. The van der Waals surface area contributed by atoms with Crippen LogP contribution in [0.4, 0.5) is 0 Å². The van der Waals surface area contributed by atoms with Gasteiger partial charge in [-0.15, -0.1) is 0 Å². The summed E-state index contributed by atoms with van der Waals surface area (Å²) < 4.78 is 0. The van der Waals surface area contributed by atoms with E-state index in [2.05, 4.69) is 15.1 Å². The maximum absolute atomic E-state index is 12.1. The SMILES string of the molecule is CCN(CC)C(=O)CN1CCN(CC(=O)NC2CC2)CC1. The first-order chi connectivity index (χ1) is 10.1. The van der Waals surface area contributed by atoms with Crippen molar-refractivity contribution in [1.82, 2.24) is 20.0 Å². The van der Waals surface area contributed by atoms with Crippen molar-refractivity contribution in [3.8, 4) is 0 Å². The van der Waals surface area contributed by atoms with Gasteiger partial charge in [0.1, 0.15) is 0 Å². The molecule has 0 bridgehead atoms. The molecule has 2 amide bonds. The topological polar surface area (TPSA) is 55.9 Å². The van der Waals surface area contributed by atoms with Gasteiger partial charge in [0, 0.05) is 45.3 Å². The first-order valence-electron chi connectivity index (χ1n) is 8.14. The molecule has 1 aliphatic heterocycles. The van der Waals surface area contributed by atoms with Crippen LogP contribution in [0.25, 0.3) is 0 Å². The quantitative estimate of drug-likeness (QED) is 0.704. The van der Waals surface area contributed by atoms with Crippen molar-refractivity contribution < 1.29 is 9.59 Å². The predicted molar refractivity (Wildman–Crippen MR) is 82.0 cm³/mol. The van der Waals surface area contributed by atoms with Gasteiger partial charge in [0.2, 0.25) is 11.8 Å². The Labute approximate surface area is 127 Å². The smallest absolute Gasteiger partial charge is 0.236 e. The molecule has 1 N–H and O–H groups in total. The van der Waals surface area contributed by atoms with Crippen molar-refractivity contribution in [2.75, 3.05) is 52.4 Å². The Hall–Kier alpha value is -1.14. The van der Waals surface area contributed by atoms with E-state index in [4.69, 9.17) is 0 Å². The Morgan fingerprint density at radius 1 is 1.00 bits per heavy atom. The second-order valence-corrected chi connectivity index (χ2v) is 5.96. The highest BCUT2D eigenvalue weighted by atomic mass is 16.2. The first kappa shape index (κ1) is 16.2. The van der Waals surface area contributed by atoms with Gasteiger partial charge in [-0.2, -0.15) is 0 Å². The van der Waals surface area contributed by atoms with Crippen LogP contribution in [0.3, 0.4) is 0 Å². The summed E-state index contributed by atoms with van der Waals surface area (Å²) in [6.07, 6.45) is 2.26. The Balaban J connectivity index is 1.65. The number of carbonyl (C=O) groups excluding carboxylic acids is 2. The third kappa shape index (κ3) is 5.28. The van der Waals surface area contributed by atoms with Gasteiger partial charge in [0.25, 0.3) is 0 Å². The molecule has 1 saturated carbocycles. The van der Waals surface area contributed by atoms with E-state index in [1.807, 2.05) is 18.7 Å². The largest absolute Gasteiger partial charge is 0.352 e. The summed E-state index contributed by atoms with van der Waals surface area (Å²) >= 11 is 0. The number of hydrogen-bond acceptors (Lipinski definition) is 4. The van der Waals surface area contributed by atoms with E-state index in [-0.39, 0.29) is 11.8 Å². The molecule has 6 nitrogen and oxygen atoms in total. The van der Waals surface area contributed by atoms with Crippen LogP contribution in [0.15, 0.2) is 0 Å². The van der Waals surface area contributed by atoms with Gasteiger partial charge in [0.05, 0.1) is 13.1 Å².